The summed E-state index contributed by atoms with van der Waals surface area (Å²) in [7, 11) is 0. The highest BCUT2D eigenvalue weighted by molar-refractivity contribution is 6.35. The number of hydrogen-bond acceptors (Lipinski definition) is 5. The topological polar surface area (TPSA) is 62.7 Å². The highest BCUT2D eigenvalue weighted by Gasteiger charge is 2.07. The molecule has 24 heavy (non-hydrogen) atoms. The van der Waals surface area contributed by atoms with Crippen molar-refractivity contribution >= 4 is 57.9 Å². The molecular weight excluding hydrogens is 369 g/mol. The standard InChI is InChI=1S/C16H12Cl3N5/c1-9-2-3-10(17)6-13(9)21-15-8-20-24-16(23-15)22-14-7-11(18)4-5-12(14)19/h2-8H,1H3,(H2,21,22,23,24). The number of halogens is 3. The van der Waals surface area contributed by atoms with Crippen molar-refractivity contribution in [2.24, 2.45) is 0 Å². The van der Waals surface area contributed by atoms with Gasteiger partial charge in [-0.15, -0.1) is 5.10 Å². The van der Waals surface area contributed by atoms with Crippen molar-refractivity contribution in [3.63, 3.8) is 0 Å². The summed E-state index contributed by atoms with van der Waals surface area (Å²) in [5, 5.41) is 15.7. The highest BCUT2D eigenvalue weighted by Crippen LogP contribution is 2.28. The Balaban J connectivity index is 1.84. The third-order valence-corrected chi connectivity index (χ3v) is 4.00. The van der Waals surface area contributed by atoms with Gasteiger partial charge in [-0.25, -0.2) is 0 Å². The summed E-state index contributed by atoms with van der Waals surface area (Å²) in [6.07, 6.45) is 1.52. The van der Waals surface area contributed by atoms with Gasteiger partial charge in [0.05, 0.1) is 16.9 Å². The first kappa shape index (κ1) is 16.8. The van der Waals surface area contributed by atoms with E-state index in [1.54, 1.807) is 18.2 Å². The highest BCUT2D eigenvalue weighted by atomic mass is 35.5. The predicted molar refractivity (Wildman–Crippen MR) is 99.0 cm³/mol. The lowest BCUT2D eigenvalue weighted by Crippen LogP contribution is -2.03. The fraction of sp³-hybridized carbons (Fsp3) is 0.0625. The molecule has 3 rings (SSSR count). The molecule has 0 aliphatic heterocycles. The van der Waals surface area contributed by atoms with E-state index in [0.717, 1.165) is 11.3 Å². The van der Waals surface area contributed by atoms with Crippen LogP contribution in [-0.4, -0.2) is 15.2 Å². The molecule has 0 atom stereocenters. The third kappa shape index (κ3) is 4.06. The van der Waals surface area contributed by atoms with Crippen LogP contribution in [0.2, 0.25) is 15.1 Å². The number of rotatable bonds is 4. The van der Waals surface area contributed by atoms with E-state index in [0.29, 0.717) is 32.5 Å². The maximum absolute atomic E-state index is 6.13. The summed E-state index contributed by atoms with van der Waals surface area (Å²) >= 11 is 18.1. The van der Waals surface area contributed by atoms with Crippen molar-refractivity contribution in [2.75, 3.05) is 10.6 Å². The van der Waals surface area contributed by atoms with E-state index in [-0.39, 0.29) is 0 Å². The lowest BCUT2D eigenvalue weighted by atomic mass is 10.2. The van der Waals surface area contributed by atoms with E-state index in [1.165, 1.54) is 6.20 Å². The number of aromatic nitrogens is 3. The van der Waals surface area contributed by atoms with Crippen molar-refractivity contribution in [1.82, 2.24) is 15.2 Å². The first-order valence-electron chi connectivity index (χ1n) is 6.96. The third-order valence-electron chi connectivity index (χ3n) is 3.20. The van der Waals surface area contributed by atoms with Crippen molar-refractivity contribution < 1.29 is 0 Å². The first-order valence-corrected chi connectivity index (χ1v) is 8.09. The van der Waals surface area contributed by atoms with Crippen LogP contribution < -0.4 is 10.6 Å². The van der Waals surface area contributed by atoms with Crippen LogP contribution in [0.15, 0.2) is 42.6 Å². The van der Waals surface area contributed by atoms with Crippen LogP contribution in [-0.2, 0) is 0 Å². The second kappa shape index (κ2) is 7.21. The van der Waals surface area contributed by atoms with E-state index in [4.69, 9.17) is 34.8 Å². The van der Waals surface area contributed by atoms with Crippen LogP contribution in [0.3, 0.4) is 0 Å². The van der Waals surface area contributed by atoms with Crippen LogP contribution in [0.5, 0.6) is 0 Å². The molecule has 1 heterocycles. The van der Waals surface area contributed by atoms with Crippen molar-refractivity contribution in [1.29, 1.82) is 0 Å². The van der Waals surface area contributed by atoms with Gasteiger partial charge in [-0.3, -0.25) is 0 Å². The summed E-state index contributed by atoms with van der Waals surface area (Å²) < 4.78 is 0. The van der Waals surface area contributed by atoms with Gasteiger partial charge in [0.1, 0.15) is 0 Å². The molecule has 0 saturated carbocycles. The number of aryl methyl sites for hydroxylation is 1. The average Bonchev–Trinajstić information content (AvgIpc) is 2.55. The molecule has 0 aliphatic rings. The van der Waals surface area contributed by atoms with Gasteiger partial charge in [0.25, 0.3) is 0 Å². The fourth-order valence-corrected chi connectivity index (χ4v) is 2.51. The summed E-state index contributed by atoms with van der Waals surface area (Å²) in [4.78, 5) is 4.36. The molecule has 1 aromatic heterocycles. The van der Waals surface area contributed by atoms with Gasteiger partial charge >= 0.3 is 0 Å². The average molecular weight is 381 g/mol. The Bertz CT molecular complexity index is 817. The van der Waals surface area contributed by atoms with Crippen molar-refractivity contribution in [3.8, 4) is 0 Å². The molecule has 2 aromatic carbocycles. The molecule has 0 saturated heterocycles. The molecule has 5 nitrogen and oxygen atoms in total. The van der Waals surface area contributed by atoms with E-state index < -0.39 is 0 Å². The second-order valence-electron chi connectivity index (χ2n) is 5.00. The molecule has 2 N–H and O–H groups in total. The van der Waals surface area contributed by atoms with E-state index in [1.807, 2.05) is 25.1 Å². The van der Waals surface area contributed by atoms with Gasteiger partial charge in [-0.1, -0.05) is 40.9 Å². The van der Waals surface area contributed by atoms with Gasteiger partial charge in [-0.05, 0) is 42.8 Å². The molecule has 122 valence electrons. The summed E-state index contributed by atoms with van der Waals surface area (Å²) in [5.74, 6) is 0.819. The quantitative estimate of drug-likeness (QED) is 0.614. The van der Waals surface area contributed by atoms with Crippen molar-refractivity contribution in [2.45, 2.75) is 6.92 Å². The summed E-state index contributed by atoms with van der Waals surface area (Å²) in [6.45, 7) is 1.97. The normalized spacial score (nSPS) is 10.5. The molecule has 8 heteroatoms. The zero-order chi connectivity index (χ0) is 17.1. The van der Waals surface area contributed by atoms with Crippen molar-refractivity contribution in [3.05, 3.63) is 63.2 Å². The van der Waals surface area contributed by atoms with Crippen LogP contribution in [0.25, 0.3) is 0 Å². The molecular formula is C16H12Cl3N5. The minimum atomic E-state index is 0.295. The van der Waals surface area contributed by atoms with Crippen LogP contribution >= 0.6 is 34.8 Å². The fourth-order valence-electron chi connectivity index (χ4n) is 2.00. The molecule has 0 bridgehead atoms. The zero-order valence-electron chi connectivity index (χ0n) is 12.5. The molecule has 0 radical (unpaired) electrons. The first-order chi connectivity index (χ1) is 11.5. The number of hydrogen-bond donors (Lipinski definition) is 2. The lowest BCUT2D eigenvalue weighted by molar-refractivity contribution is 0.982. The predicted octanol–water partition coefficient (Wildman–Crippen LogP) is 5.63. The van der Waals surface area contributed by atoms with Gasteiger partial charge in [-0.2, -0.15) is 10.1 Å². The zero-order valence-corrected chi connectivity index (χ0v) is 14.8. The van der Waals surface area contributed by atoms with Crippen LogP contribution in [0.1, 0.15) is 5.56 Å². The molecule has 0 fully saturated rings. The van der Waals surface area contributed by atoms with Gasteiger partial charge < -0.3 is 10.6 Å². The maximum atomic E-state index is 6.13. The molecule has 0 amide bonds. The summed E-state index contributed by atoms with van der Waals surface area (Å²) in [6, 6.07) is 10.7. The lowest BCUT2D eigenvalue weighted by Gasteiger charge is -2.11. The van der Waals surface area contributed by atoms with E-state index >= 15 is 0 Å². The number of nitrogens with one attached hydrogen (secondary N) is 2. The minimum Gasteiger partial charge on any atom is -0.339 e. The van der Waals surface area contributed by atoms with Gasteiger partial charge in [0, 0.05) is 15.7 Å². The molecule has 0 unspecified atom stereocenters. The van der Waals surface area contributed by atoms with Crippen LogP contribution in [0.4, 0.5) is 23.1 Å². The number of nitrogens with zero attached hydrogens (tertiary/aromatic N) is 3. The van der Waals surface area contributed by atoms with Gasteiger partial charge in [0.2, 0.25) is 5.95 Å². The Kier molecular flexibility index (Phi) is 5.04. The minimum absolute atomic E-state index is 0.295. The number of anilines is 4. The number of benzene rings is 2. The monoisotopic (exact) mass is 379 g/mol. The smallest absolute Gasteiger partial charge is 0.249 e. The summed E-state index contributed by atoms with van der Waals surface area (Å²) in [5.41, 5.74) is 2.47. The van der Waals surface area contributed by atoms with Crippen LogP contribution in [0, 0.1) is 6.92 Å². The molecule has 0 aliphatic carbocycles. The second-order valence-corrected chi connectivity index (χ2v) is 6.28. The van der Waals surface area contributed by atoms with E-state index in [2.05, 4.69) is 25.8 Å². The Labute approximate surface area is 154 Å². The van der Waals surface area contributed by atoms with E-state index in [9.17, 15) is 0 Å². The maximum Gasteiger partial charge on any atom is 0.249 e. The Morgan fingerprint density at radius 3 is 2.38 bits per heavy atom. The Morgan fingerprint density at radius 1 is 0.875 bits per heavy atom. The Hall–Kier alpha value is -2.08. The Morgan fingerprint density at radius 2 is 1.58 bits per heavy atom. The SMILES string of the molecule is Cc1ccc(Cl)cc1Nc1cnnc(Nc2cc(Cl)ccc2Cl)n1. The molecule has 3 aromatic rings. The largest absolute Gasteiger partial charge is 0.339 e. The molecule has 0 spiro atoms. The van der Waals surface area contributed by atoms with Gasteiger partial charge in [0.15, 0.2) is 5.82 Å².